The molecule has 6 nitrogen and oxygen atoms in total. The molecule has 0 unspecified atom stereocenters. The van der Waals surface area contributed by atoms with Crippen molar-refractivity contribution in [1.29, 1.82) is 0 Å². The standard InChI is InChI=1S/C20H22ClFN2O4S/c1-28-19-7-6-17(12-18(19)21)23-20(25)15-8-10-24(11-9-15)29(26,27)13-14-2-4-16(22)5-3-14/h2-7,12,15H,8-11,13H2,1H3,(H,23,25). The van der Waals surface area contributed by atoms with Crippen molar-refractivity contribution in [2.45, 2.75) is 18.6 Å². The molecule has 1 fully saturated rings. The van der Waals surface area contributed by atoms with Crippen LogP contribution in [0.15, 0.2) is 42.5 Å². The lowest BCUT2D eigenvalue weighted by molar-refractivity contribution is -0.120. The van der Waals surface area contributed by atoms with Crippen LogP contribution in [-0.2, 0) is 20.6 Å². The van der Waals surface area contributed by atoms with E-state index < -0.39 is 15.8 Å². The van der Waals surface area contributed by atoms with Gasteiger partial charge in [-0.25, -0.2) is 17.1 Å². The van der Waals surface area contributed by atoms with E-state index in [-0.39, 0.29) is 30.7 Å². The first-order chi connectivity index (χ1) is 13.8. The number of benzene rings is 2. The number of halogens is 2. The number of hydrogen-bond donors (Lipinski definition) is 1. The Morgan fingerprint density at radius 1 is 1.21 bits per heavy atom. The number of ether oxygens (including phenoxy) is 1. The third-order valence-electron chi connectivity index (χ3n) is 4.90. The Bertz CT molecular complexity index is 974. The molecule has 1 heterocycles. The van der Waals surface area contributed by atoms with Gasteiger partial charge in [0.1, 0.15) is 11.6 Å². The number of nitrogens with zero attached hydrogens (tertiary/aromatic N) is 1. The van der Waals surface area contributed by atoms with Crippen LogP contribution >= 0.6 is 11.6 Å². The quantitative estimate of drug-likeness (QED) is 0.743. The molecule has 0 radical (unpaired) electrons. The molecule has 1 N–H and O–H groups in total. The van der Waals surface area contributed by atoms with Crippen molar-refractivity contribution >= 4 is 33.2 Å². The van der Waals surface area contributed by atoms with Crippen molar-refractivity contribution in [1.82, 2.24) is 4.31 Å². The van der Waals surface area contributed by atoms with Crippen LogP contribution < -0.4 is 10.1 Å². The zero-order chi connectivity index (χ0) is 21.0. The fourth-order valence-electron chi connectivity index (χ4n) is 3.27. The van der Waals surface area contributed by atoms with Crippen molar-refractivity contribution in [3.63, 3.8) is 0 Å². The molecule has 1 amide bonds. The topological polar surface area (TPSA) is 75.7 Å². The van der Waals surface area contributed by atoms with Gasteiger partial charge < -0.3 is 10.1 Å². The molecule has 1 aliphatic heterocycles. The maximum absolute atomic E-state index is 13.0. The van der Waals surface area contributed by atoms with Crippen molar-refractivity contribution in [3.8, 4) is 5.75 Å². The first kappa shape index (κ1) is 21.5. The fourth-order valence-corrected chi connectivity index (χ4v) is 5.09. The van der Waals surface area contributed by atoms with E-state index in [2.05, 4.69) is 5.32 Å². The molecule has 2 aromatic carbocycles. The van der Waals surface area contributed by atoms with Gasteiger partial charge in [0, 0.05) is 24.7 Å². The molecule has 0 bridgehead atoms. The Balaban J connectivity index is 1.55. The van der Waals surface area contributed by atoms with Gasteiger partial charge in [0.15, 0.2) is 0 Å². The van der Waals surface area contributed by atoms with Crippen molar-refractivity contribution in [3.05, 3.63) is 58.9 Å². The van der Waals surface area contributed by atoms with Crippen LogP contribution in [-0.4, -0.2) is 38.8 Å². The summed E-state index contributed by atoms with van der Waals surface area (Å²) >= 11 is 6.07. The molecule has 0 saturated carbocycles. The highest BCUT2D eigenvalue weighted by Gasteiger charge is 2.31. The van der Waals surface area contributed by atoms with Crippen molar-refractivity contribution in [2.24, 2.45) is 5.92 Å². The van der Waals surface area contributed by atoms with Gasteiger partial charge in [-0.2, -0.15) is 0 Å². The summed E-state index contributed by atoms with van der Waals surface area (Å²) in [5, 5.41) is 3.22. The number of carbonyl (C=O) groups is 1. The number of anilines is 1. The fraction of sp³-hybridized carbons (Fsp3) is 0.350. The minimum atomic E-state index is -3.52. The largest absolute Gasteiger partial charge is 0.495 e. The Kier molecular flexibility index (Phi) is 6.77. The maximum atomic E-state index is 13.0. The number of amides is 1. The molecule has 1 saturated heterocycles. The third-order valence-corrected chi connectivity index (χ3v) is 7.05. The minimum Gasteiger partial charge on any atom is -0.495 e. The van der Waals surface area contributed by atoms with E-state index in [0.29, 0.717) is 34.9 Å². The van der Waals surface area contributed by atoms with Crippen LogP contribution in [0, 0.1) is 11.7 Å². The van der Waals surface area contributed by atoms with Gasteiger partial charge in [-0.05, 0) is 48.7 Å². The van der Waals surface area contributed by atoms with Crippen LogP contribution in [0.5, 0.6) is 5.75 Å². The van der Waals surface area contributed by atoms with Gasteiger partial charge in [0.25, 0.3) is 0 Å². The number of hydrogen-bond acceptors (Lipinski definition) is 4. The molecule has 0 atom stereocenters. The van der Waals surface area contributed by atoms with Gasteiger partial charge in [-0.1, -0.05) is 23.7 Å². The zero-order valence-electron chi connectivity index (χ0n) is 15.9. The summed E-state index contributed by atoms with van der Waals surface area (Å²) in [6.07, 6.45) is 0.858. The summed E-state index contributed by atoms with van der Waals surface area (Å²) in [5.41, 5.74) is 1.09. The predicted molar refractivity (Wildman–Crippen MR) is 110 cm³/mol. The van der Waals surface area contributed by atoms with Gasteiger partial charge >= 0.3 is 0 Å². The molecule has 29 heavy (non-hydrogen) atoms. The highest BCUT2D eigenvalue weighted by molar-refractivity contribution is 7.88. The van der Waals surface area contributed by atoms with E-state index in [0.717, 1.165) is 0 Å². The summed E-state index contributed by atoms with van der Waals surface area (Å²) in [7, 11) is -2.01. The van der Waals surface area contributed by atoms with Gasteiger partial charge in [-0.15, -0.1) is 0 Å². The number of carbonyl (C=O) groups excluding carboxylic acids is 1. The summed E-state index contributed by atoms with van der Waals surface area (Å²) in [6.45, 7) is 0.538. The average molecular weight is 441 g/mol. The summed E-state index contributed by atoms with van der Waals surface area (Å²) in [6, 6.07) is 10.4. The lowest BCUT2D eigenvalue weighted by atomic mass is 9.97. The zero-order valence-corrected chi connectivity index (χ0v) is 17.5. The first-order valence-corrected chi connectivity index (χ1v) is 11.1. The number of sulfonamides is 1. The minimum absolute atomic E-state index is 0.165. The van der Waals surface area contributed by atoms with E-state index in [9.17, 15) is 17.6 Å². The van der Waals surface area contributed by atoms with E-state index in [4.69, 9.17) is 16.3 Å². The smallest absolute Gasteiger partial charge is 0.227 e. The van der Waals surface area contributed by atoms with E-state index in [1.165, 1.54) is 35.7 Å². The van der Waals surface area contributed by atoms with E-state index in [1.54, 1.807) is 18.2 Å². The predicted octanol–water partition coefficient (Wildman–Crippen LogP) is 3.67. The monoisotopic (exact) mass is 440 g/mol. The second-order valence-electron chi connectivity index (χ2n) is 6.89. The summed E-state index contributed by atoms with van der Waals surface area (Å²) in [4.78, 5) is 12.5. The molecular formula is C20H22ClFN2O4S. The molecule has 2 aromatic rings. The third kappa shape index (κ3) is 5.46. The Morgan fingerprint density at radius 2 is 1.86 bits per heavy atom. The normalized spacial score (nSPS) is 15.8. The van der Waals surface area contributed by atoms with E-state index >= 15 is 0 Å². The number of methoxy groups -OCH3 is 1. The van der Waals surface area contributed by atoms with Crippen LogP contribution in [0.2, 0.25) is 5.02 Å². The number of piperidine rings is 1. The summed E-state index contributed by atoms with van der Waals surface area (Å²) < 4.78 is 44.7. The first-order valence-electron chi connectivity index (χ1n) is 9.15. The number of nitrogens with one attached hydrogen (secondary N) is 1. The second-order valence-corrected chi connectivity index (χ2v) is 9.27. The van der Waals surface area contributed by atoms with Crippen molar-refractivity contribution < 1.29 is 22.3 Å². The van der Waals surface area contributed by atoms with Crippen molar-refractivity contribution in [2.75, 3.05) is 25.5 Å². The van der Waals surface area contributed by atoms with Crippen LogP contribution in [0.3, 0.4) is 0 Å². The second kappa shape index (κ2) is 9.11. The van der Waals surface area contributed by atoms with Crippen LogP contribution in [0.1, 0.15) is 18.4 Å². The number of rotatable bonds is 6. The van der Waals surface area contributed by atoms with Crippen LogP contribution in [0.25, 0.3) is 0 Å². The average Bonchev–Trinajstić information content (AvgIpc) is 2.70. The van der Waals surface area contributed by atoms with Gasteiger partial charge in [0.05, 0.1) is 17.9 Å². The molecule has 0 spiro atoms. The molecule has 0 aromatic heterocycles. The lowest BCUT2D eigenvalue weighted by Gasteiger charge is -2.30. The van der Waals surface area contributed by atoms with Gasteiger partial charge in [-0.3, -0.25) is 4.79 Å². The Hall–Kier alpha value is -2.16. The SMILES string of the molecule is COc1ccc(NC(=O)C2CCN(S(=O)(=O)Cc3ccc(F)cc3)CC2)cc1Cl. The molecule has 156 valence electrons. The Labute approximate surface area is 174 Å². The Morgan fingerprint density at radius 3 is 2.45 bits per heavy atom. The molecule has 0 aliphatic carbocycles. The summed E-state index contributed by atoms with van der Waals surface area (Å²) in [5.74, 6) is -0.524. The molecule has 1 aliphatic rings. The molecular weight excluding hydrogens is 419 g/mol. The molecule has 9 heteroatoms. The molecule has 3 rings (SSSR count). The highest BCUT2D eigenvalue weighted by atomic mass is 35.5. The highest BCUT2D eigenvalue weighted by Crippen LogP contribution is 2.28. The lowest BCUT2D eigenvalue weighted by Crippen LogP contribution is -2.41. The van der Waals surface area contributed by atoms with Crippen LogP contribution in [0.4, 0.5) is 10.1 Å². The maximum Gasteiger partial charge on any atom is 0.227 e. The van der Waals surface area contributed by atoms with E-state index in [1.807, 2.05) is 0 Å². The van der Waals surface area contributed by atoms with Gasteiger partial charge in [0.2, 0.25) is 15.9 Å².